The molecule has 0 spiro atoms. The normalized spacial score (nSPS) is 19.5. The summed E-state index contributed by atoms with van der Waals surface area (Å²) in [5.74, 6) is -0.0376. The summed E-state index contributed by atoms with van der Waals surface area (Å²) in [5, 5.41) is 6.52. The van der Waals surface area contributed by atoms with Crippen LogP contribution in [0.5, 0.6) is 0 Å². The lowest BCUT2D eigenvalue weighted by Crippen LogP contribution is -2.46. The molecule has 1 amide bonds. The number of nitrogens with one attached hydrogen (secondary N) is 2. The van der Waals surface area contributed by atoms with Crippen LogP contribution < -0.4 is 10.6 Å². The van der Waals surface area contributed by atoms with Crippen molar-refractivity contribution < 1.29 is 4.79 Å². The molecule has 2 aromatic rings. The van der Waals surface area contributed by atoms with Crippen molar-refractivity contribution in [3.8, 4) is 11.1 Å². The third kappa shape index (κ3) is 5.20. The quantitative estimate of drug-likeness (QED) is 0.873. The first-order chi connectivity index (χ1) is 10.7. The first kappa shape index (κ1) is 20.4. The van der Waals surface area contributed by atoms with Gasteiger partial charge in [-0.3, -0.25) is 9.78 Å². The van der Waals surface area contributed by atoms with E-state index in [0.29, 0.717) is 11.6 Å². The lowest BCUT2D eigenvalue weighted by atomic mass is 10.00. The Morgan fingerprint density at radius 3 is 2.62 bits per heavy atom. The number of benzene rings is 1. The number of amides is 1. The van der Waals surface area contributed by atoms with Crippen LogP contribution in [0.25, 0.3) is 11.1 Å². The largest absolute Gasteiger partial charge is 0.349 e. The summed E-state index contributed by atoms with van der Waals surface area (Å²) in [6.07, 6.45) is 5.37. The summed E-state index contributed by atoms with van der Waals surface area (Å²) in [6.45, 7) is 3.10. The molecule has 0 bridgehead atoms. The SMILES string of the molecule is CC1CC(NC(=O)c2cncc(-c3ccccc3)c2)CCN1.Cl.Cl. The van der Waals surface area contributed by atoms with Crippen LogP contribution in [0.2, 0.25) is 0 Å². The van der Waals surface area contributed by atoms with Gasteiger partial charge < -0.3 is 10.6 Å². The number of piperidine rings is 1. The molecular formula is C18H23Cl2N3O. The van der Waals surface area contributed by atoms with Gasteiger partial charge in [0.25, 0.3) is 5.91 Å². The predicted molar refractivity (Wildman–Crippen MR) is 102 cm³/mol. The van der Waals surface area contributed by atoms with E-state index in [1.54, 1.807) is 12.4 Å². The smallest absolute Gasteiger partial charge is 0.253 e. The molecule has 1 saturated heterocycles. The average molecular weight is 368 g/mol. The second-order valence-corrected chi connectivity index (χ2v) is 5.88. The van der Waals surface area contributed by atoms with E-state index in [1.807, 2.05) is 36.4 Å². The molecular weight excluding hydrogens is 345 g/mol. The molecule has 1 aromatic carbocycles. The highest BCUT2D eigenvalue weighted by atomic mass is 35.5. The third-order valence-electron chi connectivity index (χ3n) is 4.07. The highest BCUT2D eigenvalue weighted by Crippen LogP contribution is 2.19. The minimum Gasteiger partial charge on any atom is -0.349 e. The summed E-state index contributed by atoms with van der Waals surface area (Å²) >= 11 is 0. The van der Waals surface area contributed by atoms with Crippen LogP contribution >= 0.6 is 24.8 Å². The fourth-order valence-electron chi connectivity index (χ4n) is 2.88. The van der Waals surface area contributed by atoms with Crippen molar-refractivity contribution in [2.24, 2.45) is 0 Å². The zero-order valence-electron chi connectivity index (χ0n) is 13.6. The Morgan fingerprint density at radius 1 is 1.17 bits per heavy atom. The number of rotatable bonds is 3. The lowest BCUT2D eigenvalue weighted by molar-refractivity contribution is 0.0925. The van der Waals surface area contributed by atoms with Crippen LogP contribution in [0.15, 0.2) is 48.8 Å². The molecule has 3 rings (SSSR count). The number of aromatic nitrogens is 1. The zero-order chi connectivity index (χ0) is 15.4. The Morgan fingerprint density at radius 2 is 1.92 bits per heavy atom. The van der Waals surface area contributed by atoms with Gasteiger partial charge in [-0.1, -0.05) is 30.3 Å². The molecule has 24 heavy (non-hydrogen) atoms. The van der Waals surface area contributed by atoms with Crippen LogP contribution in [-0.4, -0.2) is 29.5 Å². The van der Waals surface area contributed by atoms with Gasteiger partial charge in [0.1, 0.15) is 0 Å². The molecule has 2 heterocycles. The second-order valence-electron chi connectivity index (χ2n) is 5.88. The van der Waals surface area contributed by atoms with Gasteiger partial charge in [-0.05, 0) is 37.9 Å². The molecule has 130 valence electrons. The number of carbonyl (C=O) groups excluding carboxylic acids is 1. The van der Waals surface area contributed by atoms with Crippen LogP contribution in [0.3, 0.4) is 0 Å². The van der Waals surface area contributed by atoms with E-state index in [4.69, 9.17) is 0 Å². The summed E-state index contributed by atoms with van der Waals surface area (Å²) in [6, 6.07) is 12.6. The Balaban J connectivity index is 0.00000144. The molecule has 0 saturated carbocycles. The fraction of sp³-hybridized carbons (Fsp3) is 0.333. The molecule has 1 aliphatic heterocycles. The van der Waals surface area contributed by atoms with E-state index in [1.165, 1.54) is 0 Å². The summed E-state index contributed by atoms with van der Waals surface area (Å²) < 4.78 is 0. The van der Waals surface area contributed by atoms with Gasteiger partial charge in [0.15, 0.2) is 0 Å². The predicted octanol–water partition coefficient (Wildman–Crippen LogP) is 3.46. The van der Waals surface area contributed by atoms with Crippen molar-refractivity contribution in [1.29, 1.82) is 0 Å². The van der Waals surface area contributed by atoms with E-state index < -0.39 is 0 Å². The van der Waals surface area contributed by atoms with Crippen molar-refractivity contribution >= 4 is 30.7 Å². The van der Waals surface area contributed by atoms with E-state index in [-0.39, 0.29) is 36.8 Å². The van der Waals surface area contributed by atoms with Crippen molar-refractivity contribution in [2.75, 3.05) is 6.54 Å². The summed E-state index contributed by atoms with van der Waals surface area (Å²) in [5.41, 5.74) is 2.65. The molecule has 4 nitrogen and oxygen atoms in total. The number of carbonyl (C=O) groups is 1. The highest BCUT2D eigenvalue weighted by molar-refractivity contribution is 5.95. The van der Waals surface area contributed by atoms with Crippen molar-refractivity contribution in [2.45, 2.75) is 31.8 Å². The number of pyridine rings is 1. The van der Waals surface area contributed by atoms with Crippen LogP contribution in [-0.2, 0) is 0 Å². The van der Waals surface area contributed by atoms with Crippen LogP contribution in [0.1, 0.15) is 30.1 Å². The van der Waals surface area contributed by atoms with Crippen molar-refractivity contribution in [3.63, 3.8) is 0 Å². The standard InChI is InChI=1S/C18H21N3O.2ClH/c1-13-9-17(7-8-20-13)21-18(22)16-10-15(11-19-12-16)14-5-3-2-4-6-14;;/h2-6,10-13,17,20H,7-9H2,1H3,(H,21,22);2*1H. The van der Waals surface area contributed by atoms with Gasteiger partial charge in [-0.15, -0.1) is 24.8 Å². The van der Waals surface area contributed by atoms with E-state index in [9.17, 15) is 4.79 Å². The van der Waals surface area contributed by atoms with Crippen molar-refractivity contribution in [1.82, 2.24) is 15.6 Å². The van der Waals surface area contributed by atoms with Gasteiger partial charge in [0, 0.05) is 30.0 Å². The molecule has 1 aromatic heterocycles. The topological polar surface area (TPSA) is 54.0 Å². The Kier molecular flexibility index (Phi) is 8.19. The molecule has 6 heteroatoms. The third-order valence-corrected chi connectivity index (χ3v) is 4.07. The van der Waals surface area contributed by atoms with Crippen LogP contribution in [0, 0.1) is 0 Å². The van der Waals surface area contributed by atoms with E-state index in [2.05, 4.69) is 22.5 Å². The Hall–Kier alpha value is -1.62. The molecule has 1 fully saturated rings. The van der Waals surface area contributed by atoms with Crippen LogP contribution in [0.4, 0.5) is 0 Å². The maximum absolute atomic E-state index is 12.4. The van der Waals surface area contributed by atoms with Crippen molar-refractivity contribution in [3.05, 3.63) is 54.4 Å². The first-order valence-electron chi connectivity index (χ1n) is 7.77. The van der Waals surface area contributed by atoms with E-state index >= 15 is 0 Å². The van der Waals surface area contributed by atoms with Gasteiger partial charge in [-0.2, -0.15) is 0 Å². The number of halogens is 2. The summed E-state index contributed by atoms with van der Waals surface area (Å²) in [4.78, 5) is 16.6. The Bertz CT molecular complexity index is 652. The molecule has 2 N–H and O–H groups in total. The average Bonchev–Trinajstić information content (AvgIpc) is 2.56. The number of nitrogens with zero attached hydrogens (tertiary/aromatic N) is 1. The monoisotopic (exact) mass is 367 g/mol. The van der Waals surface area contributed by atoms with Gasteiger partial charge in [0.05, 0.1) is 5.56 Å². The fourth-order valence-corrected chi connectivity index (χ4v) is 2.88. The highest BCUT2D eigenvalue weighted by Gasteiger charge is 2.20. The molecule has 2 atom stereocenters. The maximum Gasteiger partial charge on any atom is 0.253 e. The first-order valence-corrected chi connectivity index (χ1v) is 7.77. The number of hydrogen-bond donors (Lipinski definition) is 2. The van der Waals surface area contributed by atoms with Gasteiger partial charge >= 0.3 is 0 Å². The van der Waals surface area contributed by atoms with E-state index in [0.717, 1.165) is 30.5 Å². The second kappa shape index (κ2) is 9.62. The van der Waals surface area contributed by atoms with Gasteiger partial charge in [-0.25, -0.2) is 0 Å². The summed E-state index contributed by atoms with van der Waals surface area (Å²) in [7, 11) is 0. The molecule has 1 aliphatic rings. The number of hydrogen-bond acceptors (Lipinski definition) is 3. The molecule has 0 aliphatic carbocycles. The minimum atomic E-state index is -0.0376. The molecule has 0 radical (unpaired) electrons. The minimum absolute atomic E-state index is 0. The maximum atomic E-state index is 12.4. The lowest BCUT2D eigenvalue weighted by Gasteiger charge is -2.28. The van der Waals surface area contributed by atoms with Gasteiger partial charge in [0.2, 0.25) is 0 Å². The molecule has 2 unspecified atom stereocenters. The zero-order valence-corrected chi connectivity index (χ0v) is 15.2. The Labute approximate surface area is 155 Å².